The Balaban J connectivity index is 1.76. The van der Waals surface area contributed by atoms with Crippen LogP contribution < -0.4 is 11.1 Å². The summed E-state index contributed by atoms with van der Waals surface area (Å²) in [5.74, 6) is 1.41. The smallest absolute Gasteiger partial charge is 0.228 e. The molecule has 1 amide bonds. The molecule has 0 heterocycles. The topological polar surface area (TPSA) is 55.1 Å². The number of hydrogen-bond acceptors (Lipinski definition) is 2. The van der Waals surface area contributed by atoms with Gasteiger partial charge in [0.2, 0.25) is 5.91 Å². The number of halogens is 1. The molecule has 0 spiro atoms. The Morgan fingerprint density at radius 1 is 1.30 bits per heavy atom. The van der Waals surface area contributed by atoms with Crippen LogP contribution in [0.1, 0.15) is 31.2 Å². The lowest BCUT2D eigenvalue weighted by Crippen LogP contribution is -2.19. The summed E-state index contributed by atoms with van der Waals surface area (Å²) >= 11 is 11.0. The van der Waals surface area contributed by atoms with Crippen LogP contribution in [0.2, 0.25) is 5.02 Å². The van der Waals surface area contributed by atoms with E-state index in [1.165, 1.54) is 25.7 Å². The number of fused-ring (bicyclic) bond motifs is 1. The minimum absolute atomic E-state index is 0.0849. The molecule has 2 unspecified atom stereocenters. The van der Waals surface area contributed by atoms with Crippen LogP contribution in [0, 0.1) is 17.8 Å². The third kappa shape index (κ3) is 2.54. The molecule has 2 atom stereocenters. The quantitative estimate of drug-likeness (QED) is 0.842. The summed E-state index contributed by atoms with van der Waals surface area (Å²) in [7, 11) is 0. The van der Waals surface area contributed by atoms with Crippen LogP contribution >= 0.6 is 23.8 Å². The molecule has 20 heavy (non-hydrogen) atoms. The van der Waals surface area contributed by atoms with Crippen molar-refractivity contribution < 1.29 is 4.79 Å². The molecule has 1 aromatic rings. The Morgan fingerprint density at radius 2 is 1.95 bits per heavy atom. The largest absolute Gasteiger partial charge is 0.389 e. The zero-order valence-electron chi connectivity index (χ0n) is 11.1. The highest BCUT2D eigenvalue weighted by Crippen LogP contribution is 2.55. The van der Waals surface area contributed by atoms with Gasteiger partial charge >= 0.3 is 0 Å². The van der Waals surface area contributed by atoms with Crippen LogP contribution in [0.4, 0.5) is 5.69 Å². The summed E-state index contributed by atoms with van der Waals surface area (Å²) in [6.45, 7) is 0. The first-order valence-corrected chi connectivity index (χ1v) is 7.77. The van der Waals surface area contributed by atoms with Crippen LogP contribution in [0.5, 0.6) is 0 Å². The number of benzene rings is 1. The predicted octanol–water partition coefficient (Wildman–Crippen LogP) is 3.35. The Hall–Kier alpha value is -1.13. The molecule has 3 rings (SSSR count). The number of thiocarbonyl (C=S) groups is 1. The van der Waals surface area contributed by atoms with Gasteiger partial charge in [-0.3, -0.25) is 4.79 Å². The van der Waals surface area contributed by atoms with E-state index >= 15 is 0 Å². The van der Waals surface area contributed by atoms with Gasteiger partial charge < -0.3 is 11.1 Å². The Kier molecular flexibility index (Phi) is 3.69. The second kappa shape index (κ2) is 5.34. The molecule has 0 radical (unpaired) electrons. The zero-order chi connectivity index (χ0) is 14.3. The van der Waals surface area contributed by atoms with E-state index in [-0.39, 0.29) is 16.8 Å². The van der Waals surface area contributed by atoms with Gasteiger partial charge in [-0.2, -0.15) is 0 Å². The minimum Gasteiger partial charge on any atom is -0.389 e. The maximum Gasteiger partial charge on any atom is 0.228 e. The molecule has 0 saturated heterocycles. The van der Waals surface area contributed by atoms with Gasteiger partial charge in [0, 0.05) is 16.5 Å². The molecule has 2 aliphatic carbocycles. The lowest BCUT2D eigenvalue weighted by Gasteiger charge is -2.10. The van der Waals surface area contributed by atoms with E-state index in [1.54, 1.807) is 18.2 Å². The molecule has 0 aliphatic heterocycles. The standard InChI is InChI=1S/C15H17ClN2OS/c16-8-5-6-11(14(17)20)12(7-8)18-15(19)13-9-3-1-2-4-10(9)13/h5-7,9-10,13H,1-4H2,(H2,17,20)(H,18,19). The summed E-state index contributed by atoms with van der Waals surface area (Å²) in [6, 6.07) is 5.18. The molecule has 106 valence electrons. The van der Waals surface area contributed by atoms with Crippen molar-refractivity contribution in [2.45, 2.75) is 25.7 Å². The van der Waals surface area contributed by atoms with Crippen molar-refractivity contribution in [2.24, 2.45) is 23.5 Å². The molecule has 2 aliphatic rings. The molecular weight excluding hydrogens is 292 g/mol. The second-order valence-electron chi connectivity index (χ2n) is 5.68. The van der Waals surface area contributed by atoms with Crippen LogP contribution in [0.3, 0.4) is 0 Å². The number of nitrogens with two attached hydrogens (primary N) is 1. The van der Waals surface area contributed by atoms with Crippen LogP contribution in [-0.2, 0) is 4.79 Å². The van der Waals surface area contributed by atoms with Gasteiger partial charge in [-0.25, -0.2) is 0 Å². The monoisotopic (exact) mass is 308 g/mol. The fraction of sp³-hybridized carbons (Fsp3) is 0.467. The molecule has 2 saturated carbocycles. The lowest BCUT2D eigenvalue weighted by atomic mass is 10.0. The Labute approximate surface area is 128 Å². The number of carbonyl (C=O) groups excluding carboxylic acids is 1. The average Bonchev–Trinajstić information content (AvgIpc) is 3.12. The van der Waals surface area contributed by atoms with Gasteiger partial charge in [-0.1, -0.05) is 36.7 Å². The van der Waals surface area contributed by atoms with Crippen molar-refractivity contribution in [1.29, 1.82) is 0 Å². The van der Waals surface area contributed by atoms with Crippen molar-refractivity contribution in [3.63, 3.8) is 0 Å². The molecule has 0 bridgehead atoms. The molecule has 1 aromatic carbocycles. The fourth-order valence-corrected chi connectivity index (χ4v) is 3.78. The number of amides is 1. The van der Waals surface area contributed by atoms with Gasteiger partial charge in [-0.15, -0.1) is 0 Å². The van der Waals surface area contributed by atoms with E-state index in [4.69, 9.17) is 29.6 Å². The third-order valence-electron chi connectivity index (χ3n) is 4.46. The minimum atomic E-state index is 0.0849. The Bertz CT molecular complexity index is 563. The number of carbonyl (C=O) groups is 1. The van der Waals surface area contributed by atoms with E-state index < -0.39 is 0 Å². The van der Waals surface area contributed by atoms with E-state index in [0.29, 0.717) is 28.1 Å². The highest BCUT2D eigenvalue weighted by molar-refractivity contribution is 7.80. The first kappa shape index (κ1) is 13.8. The molecule has 3 nitrogen and oxygen atoms in total. The highest BCUT2D eigenvalue weighted by Gasteiger charge is 2.54. The summed E-state index contributed by atoms with van der Waals surface area (Å²) in [6.07, 6.45) is 4.86. The van der Waals surface area contributed by atoms with Gasteiger partial charge in [0.05, 0.1) is 5.69 Å². The summed E-state index contributed by atoms with van der Waals surface area (Å²) in [5.41, 5.74) is 6.98. The van der Waals surface area contributed by atoms with E-state index in [0.717, 1.165) is 0 Å². The van der Waals surface area contributed by atoms with Crippen LogP contribution in [0.25, 0.3) is 0 Å². The van der Waals surface area contributed by atoms with Crippen molar-refractivity contribution in [3.05, 3.63) is 28.8 Å². The first-order valence-electron chi connectivity index (χ1n) is 6.98. The third-order valence-corrected chi connectivity index (χ3v) is 4.92. The maximum absolute atomic E-state index is 12.4. The molecule has 0 aromatic heterocycles. The maximum atomic E-state index is 12.4. The van der Waals surface area contributed by atoms with Gasteiger partial charge in [-0.05, 0) is 42.9 Å². The number of hydrogen-bond donors (Lipinski definition) is 2. The predicted molar refractivity (Wildman–Crippen MR) is 84.9 cm³/mol. The lowest BCUT2D eigenvalue weighted by molar-refractivity contribution is -0.117. The van der Waals surface area contributed by atoms with Crippen molar-refractivity contribution in [2.75, 3.05) is 5.32 Å². The van der Waals surface area contributed by atoms with E-state index in [9.17, 15) is 4.79 Å². The Morgan fingerprint density at radius 3 is 2.55 bits per heavy atom. The average molecular weight is 309 g/mol. The number of rotatable bonds is 3. The van der Waals surface area contributed by atoms with Crippen molar-refractivity contribution >= 4 is 40.4 Å². The van der Waals surface area contributed by atoms with Gasteiger partial charge in [0.25, 0.3) is 0 Å². The fourth-order valence-electron chi connectivity index (χ4n) is 3.43. The second-order valence-corrected chi connectivity index (χ2v) is 6.56. The highest BCUT2D eigenvalue weighted by atomic mass is 35.5. The normalized spacial score (nSPS) is 27.6. The van der Waals surface area contributed by atoms with Gasteiger partial charge in [0.15, 0.2) is 0 Å². The van der Waals surface area contributed by atoms with Crippen molar-refractivity contribution in [1.82, 2.24) is 0 Å². The number of anilines is 1. The molecule has 2 fully saturated rings. The zero-order valence-corrected chi connectivity index (χ0v) is 12.6. The first-order chi connectivity index (χ1) is 9.58. The van der Waals surface area contributed by atoms with E-state index in [2.05, 4.69) is 5.32 Å². The SMILES string of the molecule is NC(=S)c1ccc(Cl)cc1NC(=O)C1C2CCCCC21. The summed E-state index contributed by atoms with van der Waals surface area (Å²) in [4.78, 5) is 12.7. The van der Waals surface area contributed by atoms with E-state index in [1.807, 2.05) is 0 Å². The van der Waals surface area contributed by atoms with Gasteiger partial charge in [0.1, 0.15) is 4.99 Å². The number of nitrogens with one attached hydrogen (secondary N) is 1. The molecule has 5 heteroatoms. The molecule has 3 N–H and O–H groups in total. The summed E-state index contributed by atoms with van der Waals surface area (Å²) < 4.78 is 0. The van der Waals surface area contributed by atoms with Crippen LogP contribution in [-0.4, -0.2) is 10.9 Å². The molecular formula is C15H17ClN2OS. The van der Waals surface area contributed by atoms with Crippen molar-refractivity contribution in [3.8, 4) is 0 Å². The van der Waals surface area contributed by atoms with Crippen LogP contribution in [0.15, 0.2) is 18.2 Å². The summed E-state index contributed by atoms with van der Waals surface area (Å²) in [5, 5.41) is 3.52.